The molecule has 3 nitrogen and oxygen atoms in total. The van der Waals surface area contributed by atoms with E-state index in [1.165, 1.54) is 16.8 Å². The van der Waals surface area contributed by atoms with E-state index in [-0.39, 0.29) is 5.54 Å². The van der Waals surface area contributed by atoms with Gasteiger partial charge in [-0.15, -0.1) is 0 Å². The molecule has 18 heavy (non-hydrogen) atoms. The van der Waals surface area contributed by atoms with E-state index in [1.807, 2.05) is 12.3 Å². The Morgan fingerprint density at radius 3 is 2.44 bits per heavy atom. The number of hydrogen-bond donors (Lipinski definition) is 1. The summed E-state index contributed by atoms with van der Waals surface area (Å²) in [4.78, 5) is 0. The van der Waals surface area contributed by atoms with Gasteiger partial charge in [-0.25, -0.2) is 0 Å². The summed E-state index contributed by atoms with van der Waals surface area (Å²) >= 11 is 0. The van der Waals surface area contributed by atoms with E-state index >= 15 is 0 Å². The maximum atomic E-state index is 6.37. The molecule has 0 atom stereocenters. The van der Waals surface area contributed by atoms with Crippen molar-refractivity contribution in [2.45, 2.75) is 38.3 Å². The maximum Gasteiger partial charge on any atom is 0.0735 e. The Bertz CT molecular complexity index is 550. The monoisotopic (exact) mass is 241 g/mol. The molecular weight excluding hydrogens is 222 g/mol. The lowest BCUT2D eigenvalue weighted by atomic mass is 10.0. The lowest BCUT2D eigenvalue weighted by Crippen LogP contribution is -2.19. The van der Waals surface area contributed by atoms with Gasteiger partial charge >= 0.3 is 0 Å². The Hall–Kier alpha value is -1.61. The standard InChI is InChI=1S/C15H19N3/c1-11(2)18-14(12-6-4-3-5-7-12)13(10-17-18)15(16)8-9-15/h3-7,10-11H,8-9,16H2,1-2H3. The first-order valence-electron chi connectivity index (χ1n) is 6.54. The summed E-state index contributed by atoms with van der Waals surface area (Å²) < 4.78 is 2.08. The summed E-state index contributed by atoms with van der Waals surface area (Å²) in [6.45, 7) is 4.30. The Labute approximate surface area is 108 Å². The molecule has 1 aliphatic carbocycles. The van der Waals surface area contributed by atoms with E-state index in [1.54, 1.807) is 0 Å². The molecule has 1 fully saturated rings. The molecule has 1 aromatic carbocycles. The summed E-state index contributed by atoms with van der Waals surface area (Å²) in [6, 6.07) is 10.8. The molecular formula is C15H19N3. The minimum absolute atomic E-state index is 0.141. The maximum absolute atomic E-state index is 6.37. The molecule has 0 saturated heterocycles. The number of nitrogens with zero attached hydrogens (tertiary/aromatic N) is 2. The van der Waals surface area contributed by atoms with Crippen molar-refractivity contribution in [1.82, 2.24) is 9.78 Å². The number of rotatable bonds is 3. The van der Waals surface area contributed by atoms with Crippen molar-refractivity contribution in [2.24, 2.45) is 5.73 Å². The summed E-state index contributed by atoms with van der Waals surface area (Å²) in [7, 11) is 0. The van der Waals surface area contributed by atoms with Gasteiger partial charge in [0.2, 0.25) is 0 Å². The largest absolute Gasteiger partial charge is 0.321 e. The molecule has 0 spiro atoms. The van der Waals surface area contributed by atoms with Gasteiger partial charge in [-0.1, -0.05) is 30.3 Å². The van der Waals surface area contributed by atoms with Crippen molar-refractivity contribution < 1.29 is 0 Å². The highest BCUT2D eigenvalue weighted by Crippen LogP contribution is 2.46. The Kier molecular flexibility index (Phi) is 2.52. The van der Waals surface area contributed by atoms with Crippen molar-refractivity contribution in [3.63, 3.8) is 0 Å². The molecule has 94 valence electrons. The minimum atomic E-state index is -0.141. The number of aromatic nitrogens is 2. The fraction of sp³-hybridized carbons (Fsp3) is 0.400. The highest BCUT2D eigenvalue weighted by Gasteiger charge is 2.43. The predicted molar refractivity (Wildman–Crippen MR) is 73.1 cm³/mol. The first-order valence-corrected chi connectivity index (χ1v) is 6.54. The minimum Gasteiger partial charge on any atom is -0.321 e. The van der Waals surface area contributed by atoms with Crippen molar-refractivity contribution in [3.8, 4) is 11.3 Å². The summed E-state index contributed by atoms with van der Waals surface area (Å²) in [5.74, 6) is 0. The van der Waals surface area contributed by atoms with E-state index in [0.717, 1.165) is 12.8 Å². The molecule has 3 rings (SSSR count). The van der Waals surface area contributed by atoms with Crippen LogP contribution in [0.3, 0.4) is 0 Å². The van der Waals surface area contributed by atoms with E-state index < -0.39 is 0 Å². The van der Waals surface area contributed by atoms with E-state index in [9.17, 15) is 0 Å². The van der Waals surface area contributed by atoms with Gasteiger partial charge in [0.15, 0.2) is 0 Å². The van der Waals surface area contributed by atoms with Crippen LogP contribution >= 0.6 is 0 Å². The first kappa shape index (κ1) is 11.5. The van der Waals surface area contributed by atoms with Crippen LogP contribution in [0.2, 0.25) is 0 Å². The molecule has 0 aliphatic heterocycles. The van der Waals surface area contributed by atoms with Gasteiger partial charge in [-0.2, -0.15) is 5.10 Å². The average Bonchev–Trinajstić information content (AvgIpc) is 2.95. The lowest BCUT2D eigenvalue weighted by molar-refractivity contribution is 0.537. The zero-order valence-corrected chi connectivity index (χ0v) is 10.9. The van der Waals surface area contributed by atoms with E-state index in [0.29, 0.717) is 6.04 Å². The number of benzene rings is 1. The molecule has 3 heteroatoms. The van der Waals surface area contributed by atoms with Crippen LogP contribution in [0.4, 0.5) is 0 Å². The second-order valence-electron chi connectivity index (χ2n) is 5.47. The molecule has 1 saturated carbocycles. The van der Waals surface area contributed by atoms with Crippen LogP contribution in [0.25, 0.3) is 11.3 Å². The Balaban J connectivity index is 2.18. The van der Waals surface area contributed by atoms with Crippen LogP contribution in [0.1, 0.15) is 38.3 Å². The molecule has 2 aromatic rings. The van der Waals surface area contributed by atoms with Crippen molar-refractivity contribution in [2.75, 3.05) is 0 Å². The third-order valence-corrected chi connectivity index (χ3v) is 3.66. The third kappa shape index (κ3) is 1.75. The lowest BCUT2D eigenvalue weighted by Gasteiger charge is -2.15. The van der Waals surface area contributed by atoms with Gasteiger partial charge in [-0.3, -0.25) is 4.68 Å². The average molecular weight is 241 g/mol. The number of hydrogen-bond acceptors (Lipinski definition) is 2. The van der Waals surface area contributed by atoms with Crippen molar-refractivity contribution >= 4 is 0 Å². The van der Waals surface area contributed by atoms with E-state index in [4.69, 9.17) is 5.73 Å². The van der Waals surface area contributed by atoms with Gasteiger partial charge < -0.3 is 5.73 Å². The van der Waals surface area contributed by atoms with E-state index in [2.05, 4.69) is 47.9 Å². The van der Waals surface area contributed by atoms with Crippen LogP contribution in [0.5, 0.6) is 0 Å². The molecule has 0 unspecified atom stereocenters. The zero-order valence-electron chi connectivity index (χ0n) is 10.9. The van der Waals surface area contributed by atoms with Gasteiger partial charge in [0.05, 0.1) is 11.9 Å². The summed E-state index contributed by atoms with van der Waals surface area (Å²) in [5, 5.41) is 4.54. The second-order valence-corrected chi connectivity index (χ2v) is 5.47. The fourth-order valence-electron chi connectivity index (χ4n) is 2.41. The Morgan fingerprint density at radius 1 is 1.22 bits per heavy atom. The van der Waals surface area contributed by atoms with Crippen LogP contribution < -0.4 is 5.73 Å². The molecule has 1 heterocycles. The van der Waals surface area contributed by atoms with Gasteiger partial charge in [0, 0.05) is 22.7 Å². The van der Waals surface area contributed by atoms with Gasteiger partial charge in [-0.05, 0) is 26.7 Å². The van der Waals surface area contributed by atoms with Crippen LogP contribution in [-0.2, 0) is 5.54 Å². The fourth-order valence-corrected chi connectivity index (χ4v) is 2.41. The molecule has 0 bridgehead atoms. The van der Waals surface area contributed by atoms with Crippen LogP contribution in [0.15, 0.2) is 36.5 Å². The van der Waals surface area contributed by atoms with Gasteiger partial charge in [0.25, 0.3) is 0 Å². The predicted octanol–water partition coefficient (Wildman–Crippen LogP) is 3.08. The molecule has 0 radical (unpaired) electrons. The smallest absolute Gasteiger partial charge is 0.0735 e. The summed E-state index contributed by atoms with van der Waals surface area (Å²) in [5.41, 5.74) is 9.81. The first-order chi connectivity index (χ1) is 8.62. The SMILES string of the molecule is CC(C)n1ncc(C2(N)CC2)c1-c1ccccc1. The summed E-state index contributed by atoms with van der Waals surface area (Å²) in [6.07, 6.45) is 4.09. The Morgan fingerprint density at radius 2 is 1.89 bits per heavy atom. The molecule has 2 N–H and O–H groups in total. The van der Waals surface area contributed by atoms with Gasteiger partial charge in [0.1, 0.15) is 0 Å². The quantitative estimate of drug-likeness (QED) is 0.897. The topological polar surface area (TPSA) is 43.8 Å². The molecule has 1 aliphatic rings. The van der Waals surface area contributed by atoms with Crippen LogP contribution in [0, 0.1) is 0 Å². The zero-order chi connectivity index (χ0) is 12.8. The highest BCUT2D eigenvalue weighted by molar-refractivity contribution is 5.65. The second kappa shape index (κ2) is 3.95. The number of nitrogens with two attached hydrogens (primary N) is 1. The molecule has 0 amide bonds. The molecule has 1 aromatic heterocycles. The van der Waals surface area contributed by atoms with Crippen LogP contribution in [-0.4, -0.2) is 9.78 Å². The third-order valence-electron chi connectivity index (χ3n) is 3.66. The normalized spacial score (nSPS) is 17.1. The highest BCUT2D eigenvalue weighted by atomic mass is 15.3. The van der Waals surface area contributed by atoms with Crippen molar-refractivity contribution in [3.05, 3.63) is 42.1 Å². The van der Waals surface area contributed by atoms with Crippen molar-refractivity contribution in [1.29, 1.82) is 0 Å².